The minimum absolute atomic E-state index is 0.209. The highest BCUT2D eigenvalue weighted by atomic mass is 16.2. The largest absolute Gasteiger partial charge is 0.395 e. The summed E-state index contributed by atoms with van der Waals surface area (Å²) in [6.07, 6.45) is 0. The van der Waals surface area contributed by atoms with Gasteiger partial charge < -0.3 is 11.1 Å². The lowest BCUT2D eigenvalue weighted by molar-refractivity contribution is 0.0942. The van der Waals surface area contributed by atoms with Crippen LogP contribution >= 0.6 is 0 Å². The van der Waals surface area contributed by atoms with Crippen LogP contribution in [0.15, 0.2) is 30.3 Å². The second-order valence-corrected chi connectivity index (χ2v) is 4.14. The van der Waals surface area contributed by atoms with E-state index in [1.165, 1.54) is 4.68 Å². The molecule has 1 aromatic carbocycles. The van der Waals surface area contributed by atoms with Gasteiger partial charge in [-0.1, -0.05) is 30.3 Å². The third kappa shape index (κ3) is 2.34. The Labute approximate surface area is 106 Å². The smallest absolute Gasteiger partial charge is 0.271 e. The molecule has 2 aromatic rings. The summed E-state index contributed by atoms with van der Waals surface area (Å²) in [6.45, 7) is 2.26. The lowest BCUT2D eigenvalue weighted by Gasteiger charge is -2.06. The van der Waals surface area contributed by atoms with E-state index in [1.54, 1.807) is 14.0 Å². The molecule has 94 valence electrons. The fraction of sp³-hybridized carbons (Fsp3) is 0.231. The molecule has 5 heteroatoms. The number of carbonyl (C=O) groups is 1. The Balaban J connectivity index is 2.09. The van der Waals surface area contributed by atoms with Crippen molar-refractivity contribution in [3.63, 3.8) is 0 Å². The third-order valence-corrected chi connectivity index (χ3v) is 2.78. The molecular formula is C13H16N4O. The Morgan fingerprint density at radius 2 is 2.06 bits per heavy atom. The predicted octanol–water partition coefficient (Wildman–Crippen LogP) is 1.24. The lowest BCUT2D eigenvalue weighted by atomic mass is 10.2. The van der Waals surface area contributed by atoms with E-state index in [2.05, 4.69) is 10.4 Å². The summed E-state index contributed by atoms with van der Waals surface area (Å²) in [5.74, 6) is -0.209. The Kier molecular flexibility index (Phi) is 3.32. The number of amides is 1. The Hall–Kier alpha value is -2.30. The van der Waals surface area contributed by atoms with Crippen LogP contribution in [0.2, 0.25) is 0 Å². The van der Waals surface area contributed by atoms with E-state index in [4.69, 9.17) is 5.73 Å². The van der Waals surface area contributed by atoms with E-state index in [-0.39, 0.29) is 5.91 Å². The molecule has 0 spiro atoms. The van der Waals surface area contributed by atoms with Gasteiger partial charge in [-0.05, 0) is 12.5 Å². The summed E-state index contributed by atoms with van der Waals surface area (Å²) >= 11 is 0. The van der Waals surface area contributed by atoms with Crippen molar-refractivity contribution >= 4 is 11.6 Å². The van der Waals surface area contributed by atoms with Gasteiger partial charge in [-0.2, -0.15) is 5.10 Å². The minimum atomic E-state index is -0.209. The van der Waals surface area contributed by atoms with Gasteiger partial charge in [-0.25, -0.2) is 0 Å². The highest BCUT2D eigenvalue weighted by Gasteiger charge is 2.17. The van der Waals surface area contributed by atoms with Crippen LogP contribution < -0.4 is 11.1 Å². The van der Waals surface area contributed by atoms with Crippen LogP contribution in [0.3, 0.4) is 0 Å². The molecule has 0 aliphatic heterocycles. The van der Waals surface area contributed by atoms with Crippen LogP contribution in [0.4, 0.5) is 5.69 Å². The van der Waals surface area contributed by atoms with Crippen LogP contribution in [-0.2, 0) is 13.6 Å². The molecule has 2 rings (SSSR count). The Morgan fingerprint density at radius 3 is 2.61 bits per heavy atom. The first-order valence-corrected chi connectivity index (χ1v) is 5.71. The van der Waals surface area contributed by atoms with E-state index in [0.717, 1.165) is 5.56 Å². The number of nitrogens with two attached hydrogens (primary N) is 1. The molecule has 5 nitrogen and oxygen atoms in total. The molecule has 3 N–H and O–H groups in total. The van der Waals surface area contributed by atoms with Crippen molar-refractivity contribution in [3.05, 3.63) is 47.3 Å². The molecule has 0 radical (unpaired) electrons. The van der Waals surface area contributed by atoms with Gasteiger partial charge in [-0.15, -0.1) is 0 Å². The standard InChI is InChI=1S/C13H16N4O/c1-9-11(14)12(17(2)16-9)13(18)15-8-10-6-4-3-5-7-10/h3-7H,8,14H2,1-2H3,(H,15,18). The van der Waals surface area contributed by atoms with Crippen molar-refractivity contribution in [2.24, 2.45) is 7.05 Å². The molecule has 1 heterocycles. The fourth-order valence-corrected chi connectivity index (χ4v) is 1.81. The Bertz CT molecular complexity index is 560. The average molecular weight is 244 g/mol. The zero-order valence-corrected chi connectivity index (χ0v) is 10.5. The number of aromatic nitrogens is 2. The number of carbonyl (C=O) groups excluding carboxylic acids is 1. The predicted molar refractivity (Wildman–Crippen MR) is 70.0 cm³/mol. The maximum atomic E-state index is 12.0. The maximum absolute atomic E-state index is 12.0. The summed E-state index contributed by atoms with van der Waals surface area (Å²) < 4.78 is 1.50. The summed E-state index contributed by atoms with van der Waals surface area (Å²) in [6, 6.07) is 9.72. The fourth-order valence-electron chi connectivity index (χ4n) is 1.81. The molecule has 0 atom stereocenters. The number of anilines is 1. The van der Waals surface area contributed by atoms with Crippen molar-refractivity contribution in [2.75, 3.05) is 5.73 Å². The maximum Gasteiger partial charge on any atom is 0.271 e. The third-order valence-electron chi connectivity index (χ3n) is 2.78. The first-order valence-electron chi connectivity index (χ1n) is 5.71. The number of hydrogen-bond acceptors (Lipinski definition) is 3. The second kappa shape index (κ2) is 4.91. The highest BCUT2D eigenvalue weighted by Crippen LogP contribution is 2.14. The zero-order chi connectivity index (χ0) is 13.1. The topological polar surface area (TPSA) is 72.9 Å². The summed E-state index contributed by atoms with van der Waals surface area (Å²) in [4.78, 5) is 12.0. The van der Waals surface area contributed by atoms with Crippen LogP contribution in [-0.4, -0.2) is 15.7 Å². The monoisotopic (exact) mass is 244 g/mol. The summed E-state index contributed by atoms with van der Waals surface area (Å²) in [5.41, 5.74) is 8.38. The zero-order valence-electron chi connectivity index (χ0n) is 10.5. The molecule has 0 aliphatic carbocycles. The molecule has 0 unspecified atom stereocenters. The van der Waals surface area contributed by atoms with E-state index < -0.39 is 0 Å². The number of aryl methyl sites for hydroxylation is 2. The molecular weight excluding hydrogens is 228 g/mol. The quantitative estimate of drug-likeness (QED) is 0.853. The van der Waals surface area contributed by atoms with Gasteiger partial charge in [0, 0.05) is 13.6 Å². The number of nitrogens with zero attached hydrogens (tertiary/aromatic N) is 2. The van der Waals surface area contributed by atoms with Gasteiger partial charge in [-0.3, -0.25) is 9.48 Å². The van der Waals surface area contributed by atoms with Crippen LogP contribution in [0.5, 0.6) is 0 Å². The minimum Gasteiger partial charge on any atom is -0.395 e. The molecule has 0 saturated carbocycles. The number of nitrogen functional groups attached to an aromatic ring is 1. The molecule has 0 aliphatic rings. The van der Waals surface area contributed by atoms with Gasteiger partial charge in [0.2, 0.25) is 0 Å². The number of rotatable bonds is 3. The molecule has 0 saturated heterocycles. The van der Waals surface area contributed by atoms with E-state index in [0.29, 0.717) is 23.6 Å². The van der Waals surface area contributed by atoms with Crippen molar-refractivity contribution in [2.45, 2.75) is 13.5 Å². The van der Waals surface area contributed by atoms with Gasteiger partial charge in [0.1, 0.15) is 5.69 Å². The van der Waals surface area contributed by atoms with Gasteiger partial charge in [0.25, 0.3) is 5.91 Å². The molecule has 1 aromatic heterocycles. The normalized spacial score (nSPS) is 10.3. The van der Waals surface area contributed by atoms with E-state index in [9.17, 15) is 4.79 Å². The van der Waals surface area contributed by atoms with E-state index >= 15 is 0 Å². The van der Waals surface area contributed by atoms with Gasteiger partial charge in [0.05, 0.1) is 11.4 Å². The molecule has 18 heavy (non-hydrogen) atoms. The molecule has 1 amide bonds. The van der Waals surface area contributed by atoms with Crippen LogP contribution in [0.25, 0.3) is 0 Å². The highest BCUT2D eigenvalue weighted by molar-refractivity contribution is 5.97. The van der Waals surface area contributed by atoms with Crippen LogP contribution in [0, 0.1) is 6.92 Å². The van der Waals surface area contributed by atoms with Crippen LogP contribution in [0.1, 0.15) is 21.7 Å². The van der Waals surface area contributed by atoms with Crippen molar-refractivity contribution in [1.82, 2.24) is 15.1 Å². The van der Waals surface area contributed by atoms with Crippen molar-refractivity contribution < 1.29 is 4.79 Å². The van der Waals surface area contributed by atoms with Crippen molar-refractivity contribution in [3.8, 4) is 0 Å². The first-order chi connectivity index (χ1) is 8.59. The molecule has 0 bridgehead atoms. The van der Waals surface area contributed by atoms with Crippen molar-refractivity contribution in [1.29, 1.82) is 0 Å². The van der Waals surface area contributed by atoms with Gasteiger partial charge >= 0.3 is 0 Å². The average Bonchev–Trinajstić information content (AvgIpc) is 2.62. The SMILES string of the molecule is Cc1nn(C)c(C(=O)NCc2ccccc2)c1N. The summed E-state index contributed by atoms with van der Waals surface area (Å²) in [7, 11) is 1.71. The number of hydrogen-bond donors (Lipinski definition) is 2. The Morgan fingerprint density at radius 1 is 1.39 bits per heavy atom. The lowest BCUT2D eigenvalue weighted by Crippen LogP contribution is -2.26. The number of nitrogens with one attached hydrogen (secondary N) is 1. The first kappa shape index (κ1) is 12.2. The van der Waals surface area contributed by atoms with Gasteiger partial charge in [0.15, 0.2) is 0 Å². The number of benzene rings is 1. The summed E-state index contributed by atoms with van der Waals surface area (Å²) in [5, 5.41) is 6.95. The van der Waals surface area contributed by atoms with E-state index in [1.807, 2.05) is 30.3 Å². The second-order valence-electron chi connectivity index (χ2n) is 4.14. The molecule has 0 fully saturated rings.